The average Bonchev–Trinajstić information content (AvgIpc) is 3.29. The second kappa shape index (κ2) is 7.18. The zero-order chi connectivity index (χ0) is 17.1. The summed E-state index contributed by atoms with van der Waals surface area (Å²) in [5, 5.41) is 7.84. The van der Waals surface area contributed by atoms with Gasteiger partial charge >= 0.3 is 0 Å². The number of carbonyl (C=O) groups is 1. The van der Waals surface area contributed by atoms with Crippen LogP contribution in [0.25, 0.3) is 0 Å². The van der Waals surface area contributed by atoms with E-state index in [9.17, 15) is 4.79 Å². The van der Waals surface area contributed by atoms with Gasteiger partial charge in [-0.25, -0.2) is 4.98 Å². The number of nitrogens with zero attached hydrogens (tertiary/aromatic N) is 6. The molecule has 4 rings (SSSR count). The molecule has 2 aromatic rings. The van der Waals surface area contributed by atoms with Gasteiger partial charge in [-0.3, -0.25) is 19.4 Å². The van der Waals surface area contributed by atoms with E-state index >= 15 is 0 Å². The van der Waals surface area contributed by atoms with E-state index in [-0.39, 0.29) is 5.91 Å². The molecule has 0 atom stereocenters. The second-order valence-electron chi connectivity index (χ2n) is 6.59. The minimum Gasteiger partial charge on any atom is -0.363 e. The standard InChI is InChI=1S/C17H23N7O/c25-17(13-22-5-1-2-6-22)23-7-8-24-15(12-23)9-14(21-24)10-20-16-11-18-3-4-19-16/h3-4,9,11H,1-2,5-8,10,12-13H2,(H,19,20). The van der Waals surface area contributed by atoms with E-state index in [2.05, 4.69) is 31.3 Å². The summed E-state index contributed by atoms with van der Waals surface area (Å²) in [5.41, 5.74) is 2.05. The summed E-state index contributed by atoms with van der Waals surface area (Å²) in [5.74, 6) is 0.962. The van der Waals surface area contributed by atoms with Crippen molar-refractivity contribution in [2.45, 2.75) is 32.5 Å². The highest BCUT2D eigenvalue weighted by Crippen LogP contribution is 2.16. The highest BCUT2D eigenvalue weighted by atomic mass is 16.2. The van der Waals surface area contributed by atoms with Gasteiger partial charge in [0.25, 0.3) is 0 Å². The van der Waals surface area contributed by atoms with E-state index in [0.717, 1.165) is 43.4 Å². The van der Waals surface area contributed by atoms with E-state index in [1.54, 1.807) is 18.6 Å². The number of rotatable bonds is 5. The first-order chi connectivity index (χ1) is 12.3. The molecule has 8 heteroatoms. The van der Waals surface area contributed by atoms with Gasteiger partial charge in [0.1, 0.15) is 5.82 Å². The van der Waals surface area contributed by atoms with Crippen molar-refractivity contribution in [2.75, 3.05) is 31.5 Å². The van der Waals surface area contributed by atoms with Crippen LogP contribution < -0.4 is 5.32 Å². The zero-order valence-electron chi connectivity index (χ0n) is 14.3. The smallest absolute Gasteiger partial charge is 0.237 e. The van der Waals surface area contributed by atoms with Crippen LogP contribution in [0, 0.1) is 0 Å². The fourth-order valence-electron chi connectivity index (χ4n) is 3.43. The van der Waals surface area contributed by atoms with E-state index < -0.39 is 0 Å². The highest BCUT2D eigenvalue weighted by molar-refractivity contribution is 5.78. The number of anilines is 1. The summed E-state index contributed by atoms with van der Waals surface area (Å²) >= 11 is 0. The number of carbonyl (C=O) groups excluding carboxylic acids is 1. The third-order valence-corrected chi connectivity index (χ3v) is 4.77. The molecular formula is C17H23N7O. The Balaban J connectivity index is 1.34. The van der Waals surface area contributed by atoms with Crippen LogP contribution in [-0.4, -0.2) is 61.6 Å². The van der Waals surface area contributed by atoms with Crippen LogP contribution in [0.15, 0.2) is 24.7 Å². The second-order valence-corrected chi connectivity index (χ2v) is 6.59. The van der Waals surface area contributed by atoms with Gasteiger partial charge in [-0.1, -0.05) is 0 Å². The van der Waals surface area contributed by atoms with Crippen LogP contribution in [0.1, 0.15) is 24.2 Å². The van der Waals surface area contributed by atoms with Gasteiger partial charge in [-0.05, 0) is 32.0 Å². The van der Waals surface area contributed by atoms with Gasteiger partial charge < -0.3 is 10.2 Å². The minimum absolute atomic E-state index is 0.230. The van der Waals surface area contributed by atoms with Crippen LogP contribution in [0.3, 0.4) is 0 Å². The van der Waals surface area contributed by atoms with Crippen molar-refractivity contribution in [3.05, 3.63) is 36.0 Å². The maximum atomic E-state index is 12.5. The Morgan fingerprint density at radius 2 is 2.04 bits per heavy atom. The van der Waals surface area contributed by atoms with Crippen molar-refractivity contribution in [2.24, 2.45) is 0 Å². The number of amides is 1. The predicted molar refractivity (Wildman–Crippen MR) is 92.7 cm³/mol. The van der Waals surface area contributed by atoms with Crippen molar-refractivity contribution in [3.63, 3.8) is 0 Å². The van der Waals surface area contributed by atoms with Crippen LogP contribution in [0.2, 0.25) is 0 Å². The van der Waals surface area contributed by atoms with Gasteiger partial charge in [0, 0.05) is 18.9 Å². The number of likely N-dealkylation sites (tertiary alicyclic amines) is 1. The van der Waals surface area contributed by atoms with Crippen molar-refractivity contribution in [1.29, 1.82) is 0 Å². The molecule has 0 aromatic carbocycles. The number of aromatic nitrogens is 4. The van der Waals surface area contributed by atoms with Gasteiger partial charge in [0.05, 0.1) is 43.8 Å². The molecule has 0 spiro atoms. The third kappa shape index (κ3) is 3.79. The van der Waals surface area contributed by atoms with Gasteiger partial charge in [-0.2, -0.15) is 5.10 Å². The molecule has 0 unspecified atom stereocenters. The zero-order valence-corrected chi connectivity index (χ0v) is 14.3. The van der Waals surface area contributed by atoms with E-state index in [4.69, 9.17) is 0 Å². The Kier molecular flexibility index (Phi) is 4.60. The maximum absolute atomic E-state index is 12.5. The Hall–Kier alpha value is -2.48. The summed E-state index contributed by atoms with van der Waals surface area (Å²) in [6.07, 6.45) is 7.41. The number of hydrogen-bond donors (Lipinski definition) is 1. The molecule has 0 radical (unpaired) electrons. The molecule has 25 heavy (non-hydrogen) atoms. The van der Waals surface area contributed by atoms with Gasteiger partial charge in [0.15, 0.2) is 0 Å². The highest BCUT2D eigenvalue weighted by Gasteiger charge is 2.24. The quantitative estimate of drug-likeness (QED) is 0.863. The topological polar surface area (TPSA) is 79.2 Å². The number of nitrogens with one attached hydrogen (secondary N) is 1. The first-order valence-electron chi connectivity index (χ1n) is 8.83. The normalized spacial score (nSPS) is 17.5. The molecule has 2 aromatic heterocycles. The molecule has 1 amide bonds. The Labute approximate surface area is 146 Å². The van der Waals surface area contributed by atoms with Crippen molar-refractivity contribution >= 4 is 11.7 Å². The lowest BCUT2D eigenvalue weighted by Crippen LogP contribution is -2.43. The van der Waals surface area contributed by atoms with Crippen LogP contribution in [-0.2, 0) is 24.4 Å². The maximum Gasteiger partial charge on any atom is 0.237 e. The van der Waals surface area contributed by atoms with E-state index in [0.29, 0.717) is 19.6 Å². The Morgan fingerprint density at radius 1 is 1.16 bits per heavy atom. The lowest BCUT2D eigenvalue weighted by molar-refractivity contribution is -0.133. The van der Waals surface area contributed by atoms with Crippen LogP contribution in [0.4, 0.5) is 5.82 Å². The van der Waals surface area contributed by atoms with Crippen molar-refractivity contribution in [1.82, 2.24) is 29.5 Å². The largest absolute Gasteiger partial charge is 0.363 e. The average molecular weight is 341 g/mol. The first kappa shape index (κ1) is 16.0. The van der Waals surface area contributed by atoms with Crippen LogP contribution >= 0.6 is 0 Å². The van der Waals surface area contributed by atoms with E-state index in [1.807, 2.05) is 9.58 Å². The number of hydrogen-bond acceptors (Lipinski definition) is 6. The van der Waals surface area contributed by atoms with E-state index in [1.165, 1.54) is 12.8 Å². The SMILES string of the molecule is O=C(CN1CCCC1)N1CCn2nc(CNc3cnccn3)cc2C1. The molecule has 2 aliphatic heterocycles. The van der Waals surface area contributed by atoms with Crippen molar-refractivity contribution < 1.29 is 4.79 Å². The molecule has 1 fully saturated rings. The molecule has 1 saturated heterocycles. The molecule has 1 N–H and O–H groups in total. The molecule has 8 nitrogen and oxygen atoms in total. The molecule has 0 saturated carbocycles. The Bertz CT molecular complexity index is 724. The van der Waals surface area contributed by atoms with Crippen LogP contribution in [0.5, 0.6) is 0 Å². The molecule has 0 aliphatic carbocycles. The third-order valence-electron chi connectivity index (χ3n) is 4.77. The molecule has 132 valence electrons. The Morgan fingerprint density at radius 3 is 2.84 bits per heavy atom. The lowest BCUT2D eigenvalue weighted by atomic mass is 10.2. The minimum atomic E-state index is 0.230. The molecule has 0 bridgehead atoms. The molecule has 4 heterocycles. The van der Waals surface area contributed by atoms with Gasteiger partial charge in [-0.15, -0.1) is 0 Å². The summed E-state index contributed by atoms with van der Waals surface area (Å²) in [6, 6.07) is 2.07. The summed E-state index contributed by atoms with van der Waals surface area (Å²) < 4.78 is 2.01. The van der Waals surface area contributed by atoms with Crippen molar-refractivity contribution in [3.8, 4) is 0 Å². The van der Waals surface area contributed by atoms with Gasteiger partial charge in [0.2, 0.25) is 5.91 Å². The number of fused-ring (bicyclic) bond motifs is 1. The predicted octanol–water partition coefficient (Wildman–Crippen LogP) is 0.723. The fraction of sp³-hybridized carbons (Fsp3) is 0.529. The first-order valence-corrected chi connectivity index (χ1v) is 8.83. The monoisotopic (exact) mass is 341 g/mol. The molecular weight excluding hydrogens is 318 g/mol. The lowest BCUT2D eigenvalue weighted by Gasteiger charge is -2.29. The fourth-order valence-corrected chi connectivity index (χ4v) is 3.43. The molecule has 2 aliphatic rings. The summed E-state index contributed by atoms with van der Waals surface area (Å²) in [7, 11) is 0. The summed E-state index contributed by atoms with van der Waals surface area (Å²) in [4.78, 5) is 24.9. The summed E-state index contributed by atoms with van der Waals surface area (Å²) in [6.45, 7) is 5.39.